The monoisotopic (exact) mass is 773 g/mol. The summed E-state index contributed by atoms with van der Waals surface area (Å²) in [5, 5.41) is 62.8. The van der Waals surface area contributed by atoms with Gasteiger partial charge in [-0.3, -0.25) is 43.0 Å². The van der Waals surface area contributed by atoms with Crippen LogP contribution in [0, 0.1) is 0 Å². The van der Waals surface area contributed by atoms with Crippen molar-refractivity contribution >= 4 is 60.4 Å². The first-order valence-electron chi connectivity index (χ1n) is 15.5. The van der Waals surface area contributed by atoms with Crippen molar-refractivity contribution in [2.45, 2.75) is 81.4 Å². The van der Waals surface area contributed by atoms with E-state index in [1.165, 1.54) is 12.1 Å². The third kappa shape index (κ3) is 11.9. The number of aromatic amines is 2. The number of carbonyl (C=O) groups excluding carboxylic acids is 3. The largest absolute Gasteiger partial charge is 0.481 e. The van der Waals surface area contributed by atoms with Crippen LogP contribution in [0.4, 0.5) is 0 Å². The number of phosphoric ester groups is 1. The Kier molecular flexibility index (Phi) is 14.4. The van der Waals surface area contributed by atoms with E-state index in [1.54, 1.807) is 0 Å². The second kappa shape index (κ2) is 18.1. The van der Waals surface area contributed by atoms with Crippen molar-refractivity contribution in [3.8, 4) is 0 Å². The van der Waals surface area contributed by atoms with Crippen LogP contribution < -0.4 is 21.9 Å². The van der Waals surface area contributed by atoms with Gasteiger partial charge in [0.05, 0.1) is 29.7 Å². The molecule has 0 saturated heterocycles. The molecule has 53 heavy (non-hydrogen) atoms. The van der Waals surface area contributed by atoms with E-state index in [4.69, 9.17) is 10.2 Å². The van der Waals surface area contributed by atoms with Crippen LogP contribution in [0.25, 0.3) is 17.1 Å². The van der Waals surface area contributed by atoms with E-state index in [0.29, 0.717) is 5.56 Å². The highest BCUT2D eigenvalue weighted by molar-refractivity contribution is 7.47. The number of carbonyl (C=O) groups is 6. The van der Waals surface area contributed by atoms with Crippen LogP contribution in [-0.2, 0) is 42.4 Å². The number of aliphatic hydroxyl groups excluding tert-OH is 3. The number of carboxylic acids is 3. The number of allylic oxidation sites excluding steroid dienone is 1. The predicted octanol–water partition coefficient (Wildman–Crippen LogP) is -2.93. The van der Waals surface area contributed by atoms with Gasteiger partial charge in [0.2, 0.25) is 11.8 Å². The molecule has 1 aliphatic carbocycles. The van der Waals surface area contributed by atoms with Gasteiger partial charge in [0, 0.05) is 12.8 Å². The Balaban J connectivity index is 1.54. The lowest BCUT2D eigenvalue weighted by atomic mass is 9.84. The van der Waals surface area contributed by atoms with Crippen LogP contribution in [0.3, 0.4) is 0 Å². The number of rotatable bonds is 20. The van der Waals surface area contributed by atoms with Crippen LogP contribution in [0.2, 0.25) is 0 Å². The number of H-pyrrole nitrogens is 2. The number of nitrogens with zero attached hydrogens (tertiary/aromatic N) is 1. The number of fused-ring (bicyclic) bond motifs is 2. The normalized spacial score (nSPS) is 18.4. The number of aromatic nitrogens is 3. The molecule has 0 saturated carbocycles. The molecular weight excluding hydrogens is 737 g/mol. The Morgan fingerprint density at radius 3 is 2.17 bits per heavy atom. The fourth-order valence-corrected chi connectivity index (χ4v) is 5.88. The van der Waals surface area contributed by atoms with Gasteiger partial charge in [-0.25, -0.2) is 23.9 Å². The maximum Gasteiger partial charge on any atom is 0.473 e. The summed E-state index contributed by atoms with van der Waals surface area (Å²) in [6, 6.07) is -2.01. The molecule has 0 fully saturated rings. The third-order valence-electron chi connectivity index (χ3n) is 7.78. The fourth-order valence-electron chi connectivity index (χ4n) is 4.98. The average Bonchev–Trinajstić information content (AvgIpc) is 3.06. The third-order valence-corrected chi connectivity index (χ3v) is 8.83. The van der Waals surface area contributed by atoms with E-state index in [2.05, 4.69) is 19.0 Å². The number of aliphatic hydroxyl groups is 3. The van der Waals surface area contributed by atoms with Crippen molar-refractivity contribution in [2.75, 3.05) is 6.61 Å². The van der Waals surface area contributed by atoms with E-state index in [9.17, 15) is 68.2 Å². The van der Waals surface area contributed by atoms with Crippen molar-refractivity contribution < 1.29 is 77.9 Å². The van der Waals surface area contributed by atoms with Crippen LogP contribution in [-0.4, -0.2) is 129 Å². The molecule has 8 atom stereocenters. The first-order valence-corrected chi connectivity index (χ1v) is 17.0. The number of hydrogen-bond donors (Lipinski definition) is 11. The van der Waals surface area contributed by atoms with Crippen molar-refractivity contribution in [2.24, 2.45) is 0 Å². The summed E-state index contributed by atoms with van der Waals surface area (Å²) in [6.07, 6.45) is -8.28. The minimum absolute atomic E-state index is 0.00277. The number of amides is 2. The second-order valence-corrected chi connectivity index (χ2v) is 13.2. The quantitative estimate of drug-likeness (QED) is 0.0600. The summed E-state index contributed by atoms with van der Waals surface area (Å²) in [7, 11) is -5.24. The molecular formula is C29H36N5O18P. The fraction of sp³-hybridized carbons (Fsp3) is 0.483. The Labute approximate surface area is 296 Å². The van der Waals surface area contributed by atoms with Gasteiger partial charge in [0.15, 0.2) is 5.78 Å². The topological polar surface area (TPSA) is 382 Å². The number of carboxylic acid groups (broad SMARTS) is 3. The molecule has 2 aromatic heterocycles. The van der Waals surface area contributed by atoms with Crippen LogP contribution in [0.5, 0.6) is 0 Å². The minimum atomic E-state index is -5.24. The van der Waals surface area contributed by atoms with Crippen LogP contribution in [0.1, 0.15) is 56.2 Å². The number of phosphoric acid groups is 1. The molecule has 0 spiro atoms. The molecule has 8 unspecified atom stereocenters. The van der Waals surface area contributed by atoms with E-state index in [-0.39, 0.29) is 16.7 Å². The van der Waals surface area contributed by atoms with Crippen molar-refractivity contribution in [3.63, 3.8) is 0 Å². The highest BCUT2D eigenvalue weighted by Gasteiger charge is 2.36. The van der Waals surface area contributed by atoms with Gasteiger partial charge in [-0.2, -0.15) is 0 Å². The summed E-state index contributed by atoms with van der Waals surface area (Å²) < 4.78 is 21.8. The van der Waals surface area contributed by atoms with Crippen LogP contribution in [0.15, 0.2) is 21.7 Å². The maximum absolute atomic E-state index is 12.7. The zero-order valence-electron chi connectivity index (χ0n) is 27.5. The van der Waals surface area contributed by atoms with E-state index < -0.39 is 136 Å². The molecule has 2 aromatic rings. The average molecular weight is 774 g/mol. The lowest BCUT2D eigenvalue weighted by Gasteiger charge is -2.27. The molecule has 0 aliphatic heterocycles. The number of nitrogens with one attached hydrogen (secondary N) is 4. The highest BCUT2D eigenvalue weighted by Crippen LogP contribution is 2.45. The molecule has 23 nitrogen and oxygen atoms in total. The van der Waals surface area contributed by atoms with Crippen molar-refractivity contribution in [1.29, 1.82) is 0 Å². The van der Waals surface area contributed by atoms with E-state index >= 15 is 0 Å². The lowest BCUT2D eigenvalue weighted by molar-refractivity contribution is -0.144. The van der Waals surface area contributed by atoms with Gasteiger partial charge in [-0.1, -0.05) is 0 Å². The van der Waals surface area contributed by atoms with Gasteiger partial charge in [0.1, 0.15) is 36.0 Å². The van der Waals surface area contributed by atoms with E-state index in [0.717, 1.165) is 13.0 Å². The van der Waals surface area contributed by atoms with Crippen molar-refractivity contribution in [1.82, 2.24) is 25.6 Å². The molecule has 24 heteroatoms. The van der Waals surface area contributed by atoms with Crippen LogP contribution >= 0.6 is 7.82 Å². The summed E-state index contributed by atoms with van der Waals surface area (Å²) in [5.74, 6) is -8.55. The molecule has 1 aliphatic rings. The number of hydrogen-bond acceptors (Lipinski definition) is 15. The number of aliphatic carboxylic acids is 3. The molecule has 0 bridgehead atoms. The second-order valence-electron chi connectivity index (χ2n) is 11.8. The molecule has 2 amide bonds. The smallest absolute Gasteiger partial charge is 0.473 e. The van der Waals surface area contributed by atoms with Gasteiger partial charge in [-0.05, 0) is 50.0 Å². The molecule has 11 N–H and O–H groups in total. The van der Waals surface area contributed by atoms with Gasteiger partial charge in [-0.15, -0.1) is 0 Å². The predicted molar refractivity (Wildman–Crippen MR) is 174 cm³/mol. The SMILES string of the molecule is CC(OP(=O)(O)OCC(O)C(O)C(O)CC1C(=O)C=Cc2cc3c(=O)[nH]c(=O)[nH]c3nc21)C(=O)NC(CCC(=O)NC(CCC(=O)O)C(=O)O)C(=O)O. The minimum Gasteiger partial charge on any atom is -0.481 e. The Bertz CT molecular complexity index is 1940. The van der Waals surface area contributed by atoms with E-state index in [1.807, 2.05) is 15.6 Å². The Morgan fingerprint density at radius 2 is 1.55 bits per heavy atom. The Morgan fingerprint density at radius 1 is 0.925 bits per heavy atom. The Hall–Kier alpha value is -5.16. The summed E-state index contributed by atoms with van der Waals surface area (Å²) in [5.41, 5.74) is -1.43. The van der Waals surface area contributed by atoms with Gasteiger partial charge in [0.25, 0.3) is 5.56 Å². The maximum atomic E-state index is 12.7. The molecule has 0 aromatic carbocycles. The van der Waals surface area contributed by atoms with Crippen molar-refractivity contribution in [3.05, 3.63) is 44.2 Å². The molecule has 3 rings (SSSR count). The standard InChI is InChI=1S/C29H36N5O18P/c1-11(25(42)31-16(28(46)47)3-6-20(38)30-15(27(44)45)4-7-21(39)40)52-53(49,50)51-10-19(37)23(41)18(36)9-13-17(35)5-2-12-8-14-24(32-22(12)13)33-29(48)34-26(14)43/h2,5,8,11,13,15-16,18-19,23,36-37,41H,3-4,6-7,9-10H2,1H3,(H,30,38)(H,31,42)(H,39,40)(H,44,45)(H,46,47)(H,49,50)(H2,32,33,34,43,48). The van der Waals surface area contributed by atoms with Gasteiger partial charge >= 0.3 is 31.4 Å². The molecule has 290 valence electrons. The highest BCUT2D eigenvalue weighted by atomic mass is 31.2. The number of pyridine rings is 1. The first kappa shape index (κ1) is 42.3. The summed E-state index contributed by atoms with van der Waals surface area (Å²) in [4.78, 5) is 113. The zero-order valence-corrected chi connectivity index (χ0v) is 28.4. The number of ketones is 1. The van der Waals surface area contributed by atoms with Gasteiger partial charge < -0.3 is 46.2 Å². The molecule has 2 heterocycles. The molecule has 0 radical (unpaired) electrons. The summed E-state index contributed by atoms with van der Waals surface area (Å²) >= 11 is 0. The summed E-state index contributed by atoms with van der Waals surface area (Å²) in [6.45, 7) is -0.252. The lowest BCUT2D eigenvalue weighted by Crippen LogP contribution is -2.46. The zero-order chi connectivity index (χ0) is 39.8. The first-order chi connectivity index (χ1) is 24.7.